The number of anilines is 1. The van der Waals surface area contributed by atoms with E-state index in [1.165, 1.54) is 29.5 Å². The molecule has 0 aliphatic carbocycles. The van der Waals surface area contributed by atoms with Crippen molar-refractivity contribution in [3.8, 4) is 0 Å². The van der Waals surface area contributed by atoms with Crippen molar-refractivity contribution in [3.05, 3.63) is 64.7 Å². The van der Waals surface area contributed by atoms with Gasteiger partial charge in [-0.25, -0.2) is 4.79 Å². The minimum atomic E-state index is -0.340. The normalized spacial score (nSPS) is 15.2. The highest BCUT2D eigenvalue weighted by atomic mass is 16.5. The monoisotopic (exact) mass is 390 g/mol. The molecule has 1 heterocycles. The highest BCUT2D eigenvalue weighted by Gasteiger charge is 2.31. The van der Waals surface area contributed by atoms with Crippen LogP contribution in [-0.2, 0) is 4.74 Å². The van der Waals surface area contributed by atoms with Crippen molar-refractivity contribution in [3.63, 3.8) is 0 Å². The standard InChI is InChI=1S/C25H30N2O2/c1-7-12-27-23-13-17(2)20(14-22(23)18(3)15-25(27,4)5)16-26-21-10-8-19(9-11-21)24(28)29-6/h8-11,13-16H,7,12H2,1-6H3. The Balaban J connectivity index is 1.93. The van der Waals surface area contributed by atoms with Crippen molar-refractivity contribution in [1.82, 2.24) is 0 Å². The number of carbonyl (C=O) groups excluding carboxylic acids is 1. The van der Waals surface area contributed by atoms with Crippen molar-refractivity contribution in [1.29, 1.82) is 0 Å². The summed E-state index contributed by atoms with van der Waals surface area (Å²) in [4.78, 5) is 18.7. The summed E-state index contributed by atoms with van der Waals surface area (Å²) in [5.74, 6) is -0.340. The molecule has 2 aromatic carbocycles. The van der Waals surface area contributed by atoms with Gasteiger partial charge >= 0.3 is 5.97 Å². The van der Waals surface area contributed by atoms with Gasteiger partial charge in [0.15, 0.2) is 0 Å². The maximum atomic E-state index is 11.6. The summed E-state index contributed by atoms with van der Waals surface area (Å²) in [6.45, 7) is 12.1. The van der Waals surface area contributed by atoms with Crippen molar-refractivity contribution in [2.45, 2.75) is 46.6 Å². The number of esters is 1. The first-order valence-corrected chi connectivity index (χ1v) is 10.1. The van der Waals surface area contributed by atoms with Crippen LogP contribution in [0.3, 0.4) is 0 Å². The molecule has 0 saturated heterocycles. The summed E-state index contributed by atoms with van der Waals surface area (Å²) in [7, 11) is 1.38. The molecule has 0 unspecified atom stereocenters. The second-order valence-corrected chi connectivity index (χ2v) is 8.16. The molecule has 1 aliphatic heterocycles. The molecule has 4 heteroatoms. The van der Waals surface area contributed by atoms with E-state index in [9.17, 15) is 4.79 Å². The largest absolute Gasteiger partial charge is 0.465 e. The first-order chi connectivity index (χ1) is 13.8. The number of carbonyl (C=O) groups is 1. The van der Waals surface area contributed by atoms with Crippen LogP contribution in [0.5, 0.6) is 0 Å². The van der Waals surface area contributed by atoms with Gasteiger partial charge in [0.1, 0.15) is 0 Å². The highest BCUT2D eigenvalue weighted by Crippen LogP contribution is 2.40. The molecule has 0 aromatic heterocycles. The van der Waals surface area contributed by atoms with Gasteiger partial charge in [0.05, 0.1) is 23.9 Å². The first kappa shape index (κ1) is 20.8. The van der Waals surface area contributed by atoms with Gasteiger partial charge in [-0.1, -0.05) is 13.0 Å². The molecule has 3 rings (SSSR count). The summed E-state index contributed by atoms with van der Waals surface area (Å²) in [5.41, 5.74) is 7.51. The Kier molecular flexibility index (Phi) is 5.92. The van der Waals surface area contributed by atoms with E-state index in [4.69, 9.17) is 4.74 Å². The number of hydrogen-bond donors (Lipinski definition) is 0. The molecule has 0 atom stereocenters. The smallest absolute Gasteiger partial charge is 0.337 e. The first-order valence-electron chi connectivity index (χ1n) is 10.1. The van der Waals surface area contributed by atoms with Gasteiger partial charge in [-0.2, -0.15) is 0 Å². The van der Waals surface area contributed by atoms with E-state index in [1.54, 1.807) is 12.1 Å². The molecule has 2 aromatic rings. The number of allylic oxidation sites excluding steroid dienone is 1. The summed E-state index contributed by atoms with van der Waals surface area (Å²) >= 11 is 0. The van der Waals surface area contributed by atoms with E-state index < -0.39 is 0 Å². The highest BCUT2D eigenvalue weighted by molar-refractivity contribution is 5.91. The van der Waals surface area contributed by atoms with E-state index in [0.29, 0.717) is 5.56 Å². The summed E-state index contributed by atoms with van der Waals surface area (Å²) < 4.78 is 4.74. The van der Waals surface area contributed by atoms with E-state index in [1.807, 2.05) is 18.3 Å². The van der Waals surface area contributed by atoms with Crippen molar-refractivity contribution < 1.29 is 9.53 Å². The SMILES string of the molecule is CCCN1c2cc(C)c(C=Nc3ccc(C(=O)OC)cc3)cc2C(C)=CC1(C)C. The molecular weight excluding hydrogens is 360 g/mol. The molecule has 0 saturated carbocycles. The van der Waals surface area contributed by atoms with Crippen molar-refractivity contribution in [2.24, 2.45) is 4.99 Å². The third-order valence-electron chi connectivity index (χ3n) is 5.45. The predicted octanol–water partition coefficient (Wildman–Crippen LogP) is 5.94. The Bertz CT molecular complexity index is 969. The zero-order valence-corrected chi connectivity index (χ0v) is 18.2. The number of nitrogens with zero attached hydrogens (tertiary/aromatic N) is 2. The number of ether oxygens (including phenoxy) is 1. The van der Waals surface area contributed by atoms with Gasteiger partial charge in [0, 0.05) is 24.0 Å². The van der Waals surface area contributed by atoms with Crippen LogP contribution in [0.15, 0.2) is 47.5 Å². The number of fused-ring (bicyclic) bond motifs is 1. The zero-order chi connectivity index (χ0) is 21.2. The Morgan fingerprint density at radius 3 is 2.48 bits per heavy atom. The number of hydrogen-bond acceptors (Lipinski definition) is 4. The third kappa shape index (κ3) is 4.26. The molecule has 1 aliphatic rings. The fourth-order valence-corrected chi connectivity index (χ4v) is 3.96. The number of methoxy groups -OCH3 is 1. The summed E-state index contributed by atoms with van der Waals surface area (Å²) in [6, 6.07) is 11.6. The molecule has 0 radical (unpaired) electrons. The van der Waals surface area contributed by atoms with E-state index in [0.717, 1.165) is 24.2 Å². The van der Waals surface area contributed by atoms with Gasteiger partial charge in [-0.05, 0) is 87.2 Å². The predicted molar refractivity (Wildman–Crippen MR) is 122 cm³/mol. The fourth-order valence-electron chi connectivity index (χ4n) is 3.96. The van der Waals surface area contributed by atoms with Crippen LogP contribution in [-0.4, -0.2) is 31.4 Å². The minimum absolute atomic E-state index is 0.0104. The number of rotatable bonds is 5. The molecule has 29 heavy (non-hydrogen) atoms. The average Bonchev–Trinajstić information content (AvgIpc) is 2.69. The topological polar surface area (TPSA) is 41.9 Å². The molecule has 0 N–H and O–H groups in total. The summed E-state index contributed by atoms with van der Waals surface area (Å²) in [6.07, 6.45) is 5.37. The zero-order valence-electron chi connectivity index (χ0n) is 18.2. The van der Waals surface area contributed by atoms with Crippen LogP contribution in [0.4, 0.5) is 11.4 Å². The molecular formula is C25H30N2O2. The van der Waals surface area contributed by atoms with Crippen LogP contribution in [0.25, 0.3) is 5.57 Å². The quantitative estimate of drug-likeness (QED) is 0.468. The van der Waals surface area contributed by atoms with Gasteiger partial charge in [0.25, 0.3) is 0 Å². The van der Waals surface area contributed by atoms with Crippen LogP contribution in [0, 0.1) is 6.92 Å². The number of benzene rings is 2. The van der Waals surface area contributed by atoms with Crippen LogP contribution >= 0.6 is 0 Å². The van der Waals surface area contributed by atoms with Crippen molar-refractivity contribution in [2.75, 3.05) is 18.6 Å². The third-order valence-corrected chi connectivity index (χ3v) is 5.45. The summed E-state index contributed by atoms with van der Waals surface area (Å²) in [5, 5.41) is 0. The number of aryl methyl sites for hydroxylation is 1. The lowest BCUT2D eigenvalue weighted by Crippen LogP contribution is -2.45. The van der Waals surface area contributed by atoms with Crippen LogP contribution < -0.4 is 4.90 Å². The second-order valence-electron chi connectivity index (χ2n) is 8.16. The Morgan fingerprint density at radius 2 is 1.86 bits per heavy atom. The maximum absolute atomic E-state index is 11.6. The maximum Gasteiger partial charge on any atom is 0.337 e. The molecule has 152 valence electrons. The second kappa shape index (κ2) is 8.24. The number of aliphatic imine (C=N–C) groups is 1. The molecule has 0 bridgehead atoms. The Labute approximate surface area is 173 Å². The lowest BCUT2D eigenvalue weighted by molar-refractivity contribution is 0.0601. The van der Waals surface area contributed by atoms with E-state index in [2.05, 4.69) is 62.7 Å². The molecule has 0 spiro atoms. The van der Waals surface area contributed by atoms with Gasteiger partial charge in [0.2, 0.25) is 0 Å². The van der Waals surface area contributed by atoms with Gasteiger partial charge in [-0.15, -0.1) is 0 Å². The Hall–Kier alpha value is -2.88. The lowest BCUT2D eigenvalue weighted by atomic mass is 9.87. The average molecular weight is 391 g/mol. The Morgan fingerprint density at radius 1 is 1.17 bits per heavy atom. The van der Waals surface area contributed by atoms with Crippen LogP contribution in [0.2, 0.25) is 0 Å². The van der Waals surface area contributed by atoms with Gasteiger partial charge < -0.3 is 9.64 Å². The lowest BCUT2D eigenvalue weighted by Gasteiger charge is -2.43. The molecule has 4 nitrogen and oxygen atoms in total. The van der Waals surface area contributed by atoms with Crippen molar-refractivity contribution >= 4 is 29.1 Å². The molecule has 0 fully saturated rings. The van der Waals surface area contributed by atoms with Gasteiger partial charge in [-0.3, -0.25) is 4.99 Å². The fraction of sp³-hybridized carbons (Fsp3) is 0.360. The van der Waals surface area contributed by atoms with E-state index >= 15 is 0 Å². The molecule has 0 amide bonds. The van der Waals surface area contributed by atoms with Crippen LogP contribution in [0.1, 0.15) is 61.2 Å². The van der Waals surface area contributed by atoms with E-state index in [-0.39, 0.29) is 11.5 Å². The minimum Gasteiger partial charge on any atom is -0.465 e.